The van der Waals surface area contributed by atoms with Crippen molar-refractivity contribution in [3.05, 3.63) is 76.3 Å². The van der Waals surface area contributed by atoms with Gasteiger partial charge in [-0.15, -0.1) is 0 Å². The largest absolute Gasteiger partial charge is 0.394 e. The maximum atomic E-state index is 10.8. The summed E-state index contributed by atoms with van der Waals surface area (Å²) in [6.07, 6.45) is 0. The summed E-state index contributed by atoms with van der Waals surface area (Å²) in [5, 5.41) is 26.9. The Hall–Kier alpha value is -3.52. The Kier molecular flexibility index (Phi) is 6.92. The van der Waals surface area contributed by atoms with E-state index < -0.39 is 4.92 Å². The van der Waals surface area contributed by atoms with Gasteiger partial charge < -0.3 is 15.7 Å². The quantitative estimate of drug-likeness (QED) is 0.362. The minimum absolute atomic E-state index is 0.0256. The van der Waals surface area contributed by atoms with E-state index in [2.05, 4.69) is 20.6 Å². The van der Waals surface area contributed by atoms with Gasteiger partial charge in [0.1, 0.15) is 5.82 Å². The Morgan fingerprint density at radius 1 is 1.07 bits per heavy atom. The van der Waals surface area contributed by atoms with Gasteiger partial charge in [-0.25, -0.2) is 4.98 Å². The van der Waals surface area contributed by atoms with Crippen LogP contribution in [0.1, 0.15) is 19.4 Å². The molecule has 8 nitrogen and oxygen atoms in total. The third-order valence-corrected chi connectivity index (χ3v) is 4.73. The predicted octanol–water partition coefficient (Wildman–Crippen LogP) is 4.09. The molecule has 0 amide bonds. The normalized spacial score (nSPS) is 11.9. The van der Waals surface area contributed by atoms with E-state index in [9.17, 15) is 15.2 Å². The van der Waals surface area contributed by atoms with E-state index in [0.717, 1.165) is 16.8 Å². The molecule has 1 heterocycles. The third kappa shape index (κ3) is 5.51. The third-order valence-electron chi connectivity index (χ3n) is 4.73. The number of hydrogen-bond acceptors (Lipinski definition) is 7. The van der Waals surface area contributed by atoms with Crippen molar-refractivity contribution in [3.8, 4) is 11.3 Å². The summed E-state index contributed by atoms with van der Waals surface area (Å²) in [4.78, 5) is 19.5. The van der Waals surface area contributed by atoms with Gasteiger partial charge in [-0.05, 0) is 11.5 Å². The van der Waals surface area contributed by atoms with Crippen LogP contribution in [0.15, 0.2) is 60.7 Å². The first-order valence-corrected chi connectivity index (χ1v) is 9.75. The Labute approximate surface area is 175 Å². The SMILES string of the molecule is CC(C)[C@H](CO)Nc1nc(NCc2ccc([N+](=O)[O-])cc2)cc(-c2ccccc2)n1. The number of aliphatic hydroxyl groups excluding tert-OH is 1. The van der Waals surface area contributed by atoms with Gasteiger partial charge in [0.15, 0.2) is 0 Å². The highest BCUT2D eigenvalue weighted by Gasteiger charge is 2.15. The fourth-order valence-electron chi connectivity index (χ4n) is 2.88. The first-order chi connectivity index (χ1) is 14.5. The molecule has 0 aliphatic heterocycles. The number of hydrogen-bond donors (Lipinski definition) is 3. The van der Waals surface area contributed by atoms with Crippen molar-refractivity contribution in [1.82, 2.24) is 9.97 Å². The molecule has 3 aromatic rings. The van der Waals surface area contributed by atoms with Gasteiger partial charge in [0.2, 0.25) is 5.95 Å². The van der Waals surface area contributed by atoms with Crippen molar-refractivity contribution in [2.24, 2.45) is 5.92 Å². The average Bonchev–Trinajstić information content (AvgIpc) is 2.76. The Morgan fingerprint density at radius 3 is 2.37 bits per heavy atom. The van der Waals surface area contributed by atoms with Crippen LogP contribution in [0, 0.1) is 16.0 Å². The van der Waals surface area contributed by atoms with Gasteiger partial charge in [-0.1, -0.05) is 56.3 Å². The van der Waals surface area contributed by atoms with Crippen LogP contribution in [0.3, 0.4) is 0 Å². The molecule has 0 spiro atoms. The lowest BCUT2D eigenvalue weighted by molar-refractivity contribution is -0.384. The molecule has 0 fully saturated rings. The Morgan fingerprint density at radius 2 is 1.77 bits per heavy atom. The lowest BCUT2D eigenvalue weighted by Crippen LogP contribution is -2.30. The van der Waals surface area contributed by atoms with Crippen LogP contribution in [-0.4, -0.2) is 32.6 Å². The van der Waals surface area contributed by atoms with E-state index in [1.165, 1.54) is 12.1 Å². The van der Waals surface area contributed by atoms with Gasteiger partial charge >= 0.3 is 0 Å². The summed E-state index contributed by atoms with van der Waals surface area (Å²) in [6.45, 7) is 4.46. The molecule has 0 radical (unpaired) electrons. The first-order valence-electron chi connectivity index (χ1n) is 9.75. The average molecular weight is 407 g/mol. The van der Waals surface area contributed by atoms with E-state index in [1.807, 2.05) is 50.2 Å². The van der Waals surface area contributed by atoms with Gasteiger partial charge in [0, 0.05) is 30.3 Å². The molecular weight excluding hydrogens is 382 g/mol. The zero-order valence-corrected chi connectivity index (χ0v) is 16.9. The molecular formula is C22H25N5O3. The van der Waals surface area contributed by atoms with Crippen LogP contribution in [-0.2, 0) is 6.54 Å². The van der Waals surface area contributed by atoms with Crippen molar-refractivity contribution in [2.75, 3.05) is 17.2 Å². The summed E-state index contributed by atoms with van der Waals surface area (Å²) in [6, 6.07) is 17.8. The van der Waals surface area contributed by atoms with Gasteiger partial charge in [0.25, 0.3) is 5.69 Å². The smallest absolute Gasteiger partial charge is 0.269 e. The summed E-state index contributed by atoms with van der Waals surface area (Å²) in [5.74, 6) is 1.25. The number of benzene rings is 2. The molecule has 156 valence electrons. The van der Waals surface area contributed by atoms with Crippen LogP contribution >= 0.6 is 0 Å². The van der Waals surface area contributed by atoms with Gasteiger partial charge in [0.05, 0.1) is 23.3 Å². The van der Waals surface area contributed by atoms with Crippen LogP contribution < -0.4 is 10.6 Å². The molecule has 2 aromatic carbocycles. The number of nitro groups is 1. The molecule has 0 saturated carbocycles. The second-order valence-corrected chi connectivity index (χ2v) is 7.28. The van der Waals surface area contributed by atoms with Crippen molar-refractivity contribution in [1.29, 1.82) is 0 Å². The molecule has 1 atom stereocenters. The number of anilines is 2. The minimum Gasteiger partial charge on any atom is -0.394 e. The Balaban J connectivity index is 1.84. The van der Waals surface area contributed by atoms with Crippen molar-refractivity contribution in [2.45, 2.75) is 26.4 Å². The first kappa shape index (κ1) is 21.2. The fraction of sp³-hybridized carbons (Fsp3) is 0.273. The van der Waals surface area contributed by atoms with Gasteiger partial charge in [-0.2, -0.15) is 4.98 Å². The molecule has 30 heavy (non-hydrogen) atoms. The molecule has 0 aliphatic carbocycles. The van der Waals surface area contributed by atoms with E-state index >= 15 is 0 Å². The predicted molar refractivity (Wildman–Crippen MR) is 117 cm³/mol. The molecule has 3 rings (SSSR count). The van der Waals surface area contributed by atoms with E-state index in [-0.39, 0.29) is 24.3 Å². The molecule has 0 saturated heterocycles. The number of nitrogens with zero attached hydrogens (tertiary/aromatic N) is 3. The monoisotopic (exact) mass is 407 g/mol. The van der Waals surface area contributed by atoms with E-state index in [0.29, 0.717) is 18.3 Å². The number of aromatic nitrogens is 2. The number of aliphatic hydroxyl groups is 1. The highest BCUT2D eigenvalue weighted by molar-refractivity contribution is 5.64. The molecule has 0 bridgehead atoms. The molecule has 0 unspecified atom stereocenters. The minimum atomic E-state index is -0.419. The molecule has 0 aliphatic rings. The second-order valence-electron chi connectivity index (χ2n) is 7.28. The number of nitro benzene ring substituents is 1. The summed E-state index contributed by atoms with van der Waals surface area (Å²) >= 11 is 0. The van der Waals surface area contributed by atoms with E-state index in [1.54, 1.807) is 12.1 Å². The van der Waals surface area contributed by atoms with Crippen molar-refractivity contribution in [3.63, 3.8) is 0 Å². The maximum absolute atomic E-state index is 10.8. The lowest BCUT2D eigenvalue weighted by atomic mass is 10.1. The van der Waals surface area contributed by atoms with Crippen LogP contribution in [0.4, 0.5) is 17.5 Å². The topological polar surface area (TPSA) is 113 Å². The van der Waals surface area contributed by atoms with Gasteiger partial charge in [-0.3, -0.25) is 10.1 Å². The standard InChI is InChI=1S/C22H25N5O3/c1-15(2)20(14-28)25-22-24-19(17-6-4-3-5-7-17)12-21(26-22)23-13-16-8-10-18(11-9-16)27(29)30/h3-12,15,20,28H,13-14H2,1-2H3,(H2,23,24,25,26)/t20-/m0/s1. The second kappa shape index (κ2) is 9.80. The van der Waals surface area contributed by atoms with Crippen LogP contribution in [0.25, 0.3) is 11.3 Å². The zero-order chi connectivity index (χ0) is 21.5. The summed E-state index contributed by atoms with van der Waals surface area (Å²) < 4.78 is 0. The number of nitrogens with one attached hydrogen (secondary N) is 2. The van der Waals surface area contributed by atoms with Crippen LogP contribution in [0.5, 0.6) is 0 Å². The van der Waals surface area contributed by atoms with Crippen molar-refractivity contribution >= 4 is 17.5 Å². The highest BCUT2D eigenvalue weighted by atomic mass is 16.6. The summed E-state index contributed by atoms with van der Waals surface area (Å²) in [7, 11) is 0. The highest BCUT2D eigenvalue weighted by Crippen LogP contribution is 2.23. The zero-order valence-electron chi connectivity index (χ0n) is 16.9. The number of rotatable bonds is 9. The molecule has 1 aromatic heterocycles. The summed E-state index contributed by atoms with van der Waals surface area (Å²) in [5.41, 5.74) is 2.65. The maximum Gasteiger partial charge on any atom is 0.269 e. The lowest BCUT2D eigenvalue weighted by Gasteiger charge is -2.20. The molecule has 8 heteroatoms. The van der Waals surface area contributed by atoms with Crippen molar-refractivity contribution < 1.29 is 10.0 Å². The number of non-ortho nitro benzene ring substituents is 1. The molecule has 3 N–H and O–H groups in total. The van der Waals surface area contributed by atoms with E-state index in [4.69, 9.17) is 0 Å². The van der Waals surface area contributed by atoms with Crippen LogP contribution in [0.2, 0.25) is 0 Å². The Bertz CT molecular complexity index is 978. The fourth-order valence-corrected chi connectivity index (χ4v) is 2.88.